The molecule has 106 valence electrons. The number of hydrogen-bond donors (Lipinski definition) is 1. The number of benzene rings is 1. The molecule has 0 radical (unpaired) electrons. The van der Waals surface area contributed by atoms with Crippen molar-refractivity contribution in [3.8, 4) is 0 Å². The van der Waals surface area contributed by atoms with E-state index in [4.69, 9.17) is 10.7 Å². The van der Waals surface area contributed by atoms with Crippen molar-refractivity contribution < 1.29 is 4.79 Å². The van der Waals surface area contributed by atoms with E-state index >= 15 is 0 Å². The van der Waals surface area contributed by atoms with Gasteiger partial charge >= 0.3 is 0 Å². The number of nitrogens with two attached hydrogens (primary N) is 1. The second-order valence-corrected chi connectivity index (χ2v) is 5.93. The lowest BCUT2D eigenvalue weighted by Gasteiger charge is -2.21. The Morgan fingerprint density at radius 1 is 1.33 bits per heavy atom. The van der Waals surface area contributed by atoms with Crippen molar-refractivity contribution in [1.82, 2.24) is 9.55 Å². The molecule has 1 aromatic carbocycles. The molecule has 0 aliphatic heterocycles. The van der Waals surface area contributed by atoms with Gasteiger partial charge < -0.3 is 10.3 Å². The summed E-state index contributed by atoms with van der Waals surface area (Å²) in [6.45, 7) is 1.97. The summed E-state index contributed by atoms with van der Waals surface area (Å²) < 4.78 is 2.06. The number of fused-ring (bicyclic) bond motifs is 4. The number of ketones is 1. The molecule has 0 saturated heterocycles. The fourth-order valence-corrected chi connectivity index (χ4v) is 3.43. The lowest BCUT2D eigenvalue weighted by Crippen LogP contribution is -2.23. The average molecular weight is 279 g/mol. The summed E-state index contributed by atoms with van der Waals surface area (Å²) in [5.74, 6) is 0.171. The van der Waals surface area contributed by atoms with Gasteiger partial charge in [0.15, 0.2) is 5.78 Å². The first kappa shape index (κ1) is 12.4. The summed E-state index contributed by atoms with van der Waals surface area (Å²) in [4.78, 5) is 17.3. The van der Waals surface area contributed by atoms with E-state index in [-0.39, 0.29) is 11.7 Å². The number of anilines is 1. The molecule has 3 aromatic rings. The van der Waals surface area contributed by atoms with Gasteiger partial charge in [0.2, 0.25) is 0 Å². The van der Waals surface area contributed by atoms with E-state index in [1.165, 1.54) is 0 Å². The second kappa shape index (κ2) is 4.07. The lowest BCUT2D eigenvalue weighted by molar-refractivity contribution is 0.0914. The highest BCUT2D eigenvalue weighted by Crippen LogP contribution is 2.37. The van der Waals surface area contributed by atoms with Gasteiger partial charge in [-0.3, -0.25) is 4.79 Å². The third kappa shape index (κ3) is 1.50. The van der Waals surface area contributed by atoms with Crippen molar-refractivity contribution in [2.75, 3.05) is 5.73 Å². The molecule has 0 fully saturated rings. The van der Waals surface area contributed by atoms with Crippen LogP contribution < -0.4 is 5.73 Å². The quantitative estimate of drug-likeness (QED) is 0.688. The summed E-state index contributed by atoms with van der Waals surface area (Å²) >= 11 is 0. The van der Waals surface area contributed by atoms with Gasteiger partial charge in [0.05, 0.1) is 27.8 Å². The zero-order valence-corrected chi connectivity index (χ0v) is 12.2. The molecule has 1 aliphatic carbocycles. The molecule has 0 bridgehead atoms. The number of aromatic nitrogens is 2. The van der Waals surface area contributed by atoms with E-state index in [1.807, 2.05) is 32.2 Å². The van der Waals surface area contributed by atoms with Gasteiger partial charge in [0.25, 0.3) is 0 Å². The summed E-state index contributed by atoms with van der Waals surface area (Å²) in [6, 6.07) is 8.09. The van der Waals surface area contributed by atoms with Crippen molar-refractivity contribution in [1.29, 1.82) is 0 Å². The van der Waals surface area contributed by atoms with Crippen LogP contribution in [0.3, 0.4) is 0 Å². The number of Topliss-reactive ketones (excluding diaryl/α,β-unsaturated/α-hetero) is 1. The van der Waals surface area contributed by atoms with E-state index in [2.05, 4.69) is 10.6 Å². The smallest absolute Gasteiger partial charge is 0.169 e. The van der Waals surface area contributed by atoms with Crippen molar-refractivity contribution in [2.24, 2.45) is 13.0 Å². The Bertz CT molecular complexity index is 907. The largest absolute Gasteiger partial charge is 0.397 e. The maximum atomic E-state index is 12.5. The SMILES string of the molecule is CC1CCc2nc3c(c(N)c2C1=O)c1ccccc1n3C. The van der Waals surface area contributed by atoms with Gasteiger partial charge in [-0.2, -0.15) is 0 Å². The Kier molecular flexibility index (Phi) is 2.40. The molecular weight excluding hydrogens is 262 g/mol. The Labute approximate surface area is 122 Å². The summed E-state index contributed by atoms with van der Waals surface area (Å²) in [6.07, 6.45) is 1.68. The van der Waals surface area contributed by atoms with E-state index in [0.29, 0.717) is 11.3 Å². The minimum atomic E-state index is 0.0361. The maximum Gasteiger partial charge on any atom is 0.169 e. The van der Waals surface area contributed by atoms with Crippen LogP contribution in [0.2, 0.25) is 0 Å². The van der Waals surface area contributed by atoms with Gasteiger partial charge in [-0.1, -0.05) is 25.1 Å². The number of pyridine rings is 1. The van der Waals surface area contributed by atoms with Gasteiger partial charge in [0, 0.05) is 18.4 Å². The van der Waals surface area contributed by atoms with Crippen LogP contribution in [0.4, 0.5) is 5.69 Å². The number of aryl methyl sites for hydroxylation is 2. The van der Waals surface area contributed by atoms with Crippen molar-refractivity contribution >= 4 is 33.4 Å². The van der Waals surface area contributed by atoms with E-state index in [9.17, 15) is 4.79 Å². The van der Waals surface area contributed by atoms with Crippen LogP contribution in [0.25, 0.3) is 21.9 Å². The predicted octanol–water partition coefficient (Wildman–Crippen LogP) is 3.07. The van der Waals surface area contributed by atoms with Crippen LogP contribution in [0.15, 0.2) is 24.3 Å². The summed E-state index contributed by atoms with van der Waals surface area (Å²) in [5.41, 5.74) is 10.5. The first-order chi connectivity index (χ1) is 10.1. The molecule has 1 atom stereocenters. The third-order valence-electron chi connectivity index (χ3n) is 4.65. The van der Waals surface area contributed by atoms with Crippen LogP contribution in [0.1, 0.15) is 29.4 Å². The van der Waals surface area contributed by atoms with Crippen molar-refractivity contribution in [3.05, 3.63) is 35.5 Å². The highest BCUT2D eigenvalue weighted by atomic mass is 16.1. The number of carbonyl (C=O) groups excluding carboxylic acids is 1. The molecule has 0 spiro atoms. The number of hydrogen-bond acceptors (Lipinski definition) is 3. The monoisotopic (exact) mass is 279 g/mol. The van der Waals surface area contributed by atoms with Gasteiger partial charge in [-0.25, -0.2) is 4.98 Å². The van der Waals surface area contributed by atoms with Crippen molar-refractivity contribution in [2.45, 2.75) is 19.8 Å². The summed E-state index contributed by atoms with van der Waals surface area (Å²) in [7, 11) is 2.00. The molecule has 2 heterocycles. The third-order valence-corrected chi connectivity index (χ3v) is 4.65. The fraction of sp³-hybridized carbons (Fsp3) is 0.294. The summed E-state index contributed by atoms with van der Waals surface area (Å²) in [5, 5.41) is 1.98. The molecule has 2 N–H and O–H groups in total. The van der Waals surface area contributed by atoms with Gasteiger partial charge in [-0.05, 0) is 18.9 Å². The predicted molar refractivity (Wildman–Crippen MR) is 84.4 cm³/mol. The van der Waals surface area contributed by atoms with Gasteiger partial charge in [-0.15, -0.1) is 0 Å². The molecule has 4 nitrogen and oxygen atoms in total. The Morgan fingerprint density at radius 2 is 2.10 bits per heavy atom. The van der Waals surface area contributed by atoms with E-state index in [0.717, 1.165) is 40.5 Å². The van der Waals surface area contributed by atoms with Crippen LogP contribution in [0.5, 0.6) is 0 Å². The number of carbonyl (C=O) groups is 1. The molecule has 2 aromatic heterocycles. The highest BCUT2D eigenvalue weighted by molar-refractivity contribution is 6.18. The van der Waals surface area contributed by atoms with E-state index in [1.54, 1.807) is 0 Å². The zero-order chi connectivity index (χ0) is 14.7. The zero-order valence-electron chi connectivity index (χ0n) is 12.2. The first-order valence-electron chi connectivity index (χ1n) is 7.29. The van der Waals surface area contributed by atoms with Crippen LogP contribution in [-0.2, 0) is 13.5 Å². The molecule has 1 unspecified atom stereocenters. The molecule has 4 heteroatoms. The molecule has 1 aliphatic rings. The Morgan fingerprint density at radius 3 is 2.90 bits per heavy atom. The first-order valence-corrected chi connectivity index (χ1v) is 7.29. The molecule has 4 rings (SSSR count). The van der Waals surface area contributed by atoms with Crippen LogP contribution in [0, 0.1) is 5.92 Å². The fourth-order valence-electron chi connectivity index (χ4n) is 3.43. The standard InChI is InChI=1S/C17H17N3O/c1-9-7-8-11-14(16(9)21)15(18)13-10-5-3-4-6-12(10)20(2)17(13)19-11/h3-6,9H,7-8H2,1-2H3,(H2,18,19). The molecule has 0 saturated carbocycles. The maximum absolute atomic E-state index is 12.5. The minimum absolute atomic E-state index is 0.0361. The lowest BCUT2D eigenvalue weighted by atomic mass is 9.85. The van der Waals surface area contributed by atoms with Crippen LogP contribution in [-0.4, -0.2) is 15.3 Å². The Hall–Kier alpha value is -2.36. The molecule has 21 heavy (non-hydrogen) atoms. The normalized spacial score (nSPS) is 18.4. The average Bonchev–Trinajstić information content (AvgIpc) is 2.77. The second-order valence-electron chi connectivity index (χ2n) is 5.93. The molecular formula is C17H17N3O. The number of nitrogens with zero attached hydrogens (tertiary/aromatic N) is 2. The van der Waals surface area contributed by atoms with Crippen LogP contribution >= 0.6 is 0 Å². The Balaban J connectivity index is 2.20. The van der Waals surface area contributed by atoms with Crippen molar-refractivity contribution in [3.63, 3.8) is 0 Å². The number of rotatable bonds is 0. The molecule has 0 amide bonds. The number of nitrogen functional groups attached to an aromatic ring is 1. The topological polar surface area (TPSA) is 60.9 Å². The van der Waals surface area contributed by atoms with E-state index < -0.39 is 0 Å². The minimum Gasteiger partial charge on any atom is -0.397 e. The van der Waals surface area contributed by atoms with Gasteiger partial charge in [0.1, 0.15) is 5.65 Å². The highest BCUT2D eigenvalue weighted by Gasteiger charge is 2.29. The number of para-hydroxylation sites is 1.